The van der Waals surface area contributed by atoms with E-state index in [4.69, 9.17) is 4.74 Å². The van der Waals surface area contributed by atoms with E-state index in [0.717, 1.165) is 30.8 Å². The number of hydrogen-bond donors (Lipinski definition) is 2. The van der Waals surface area contributed by atoms with Crippen molar-refractivity contribution < 1.29 is 18.3 Å². The first-order chi connectivity index (χ1) is 11.1. The van der Waals surface area contributed by atoms with E-state index in [-0.39, 0.29) is 23.8 Å². The summed E-state index contributed by atoms with van der Waals surface area (Å²) in [7, 11) is 0. The Morgan fingerprint density at radius 1 is 1.39 bits per heavy atom. The van der Waals surface area contributed by atoms with Crippen LogP contribution in [0.25, 0.3) is 0 Å². The van der Waals surface area contributed by atoms with Crippen LogP contribution in [0, 0.1) is 11.6 Å². The molecule has 3 rings (SSSR count). The molecule has 2 N–H and O–H groups in total. The number of carbonyl (C=O) groups is 1. The monoisotopic (exact) mass is 342 g/mol. The zero-order chi connectivity index (χ0) is 16.3. The Kier molecular flexibility index (Phi) is 5.06. The lowest BCUT2D eigenvalue weighted by atomic mass is 9.90. The Balaban J connectivity index is 1.51. The number of carbonyl (C=O) groups excluding carboxylic acids is 1. The van der Waals surface area contributed by atoms with Gasteiger partial charge in [-0.15, -0.1) is 0 Å². The van der Waals surface area contributed by atoms with Gasteiger partial charge >= 0.3 is 6.03 Å². The third-order valence-corrected chi connectivity index (χ3v) is 5.61. The molecule has 7 heteroatoms. The minimum Gasteiger partial charge on any atom is -0.374 e. The number of nitrogens with one attached hydrogen (secondary N) is 2. The number of thioether (sulfide) groups is 1. The molecule has 2 atom stereocenters. The van der Waals surface area contributed by atoms with Crippen molar-refractivity contribution in [3.63, 3.8) is 0 Å². The lowest BCUT2D eigenvalue weighted by molar-refractivity contribution is -0.0684. The van der Waals surface area contributed by atoms with Gasteiger partial charge in [-0.25, -0.2) is 13.6 Å². The van der Waals surface area contributed by atoms with E-state index < -0.39 is 17.7 Å². The summed E-state index contributed by atoms with van der Waals surface area (Å²) in [4.78, 5) is 12.0. The zero-order valence-corrected chi connectivity index (χ0v) is 13.6. The summed E-state index contributed by atoms with van der Waals surface area (Å²) in [5.41, 5.74) is -0.239. The van der Waals surface area contributed by atoms with Crippen LogP contribution in [0.4, 0.5) is 13.6 Å². The van der Waals surface area contributed by atoms with Crippen molar-refractivity contribution in [2.45, 2.75) is 37.5 Å². The van der Waals surface area contributed by atoms with E-state index in [9.17, 15) is 13.6 Å². The maximum Gasteiger partial charge on any atom is 0.315 e. The number of halogens is 2. The minimum absolute atomic E-state index is 0.0351. The smallest absolute Gasteiger partial charge is 0.315 e. The average Bonchev–Trinajstić information content (AvgIpc) is 2.94. The van der Waals surface area contributed by atoms with Crippen LogP contribution in [0.15, 0.2) is 18.2 Å². The molecular weight excluding hydrogens is 322 g/mol. The van der Waals surface area contributed by atoms with Crippen LogP contribution in [-0.4, -0.2) is 35.8 Å². The largest absolute Gasteiger partial charge is 0.374 e. The highest BCUT2D eigenvalue weighted by atomic mass is 32.2. The van der Waals surface area contributed by atoms with Crippen molar-refractivity contribution in [2.75, 3.05) is 18.1 Å². The van der Waals surface area contributed by atoms with Crippen LogP contribution in [0.1, 0.15) is 24.8 Å². The van der Waals surface area contributed by atoms with Gasteiger partial charge in [0.2, 0.25) is 0 Å². The minimum atomic E-state index is -0.654. The van der Waals surface area contributed by atoms with E-state index in [1.54, 1.807) is 0 Å². The second-order valence-electron chi connectivity index (χ2n) is 6.05. The SMILES string of the molecule is O=C(NCc1c(F)cccc1F)N[C@@H]1CCO[C@]2(CCSC2)C1. The average molecular weight is 342 g/mol. The highest BCUT2D eigenvalue weighted by Crippen LogP contribution is 2.38. The number of hydrogen-bond acceptors (Lipinski definition) is 3. The molecular formula is C16H20F2N2O2S. The molecule has 1 spiro atoms. The number of amides is 2. The van der Waals surface area contributed by atoms with Gasteiger partial charge in [-0.3, -0.25) is 0 Å². The normalized spacial score (nSPS) is 27.1. The van der Waals surface area contributed by atoms with Gasteiger partial charge < -0.3 is 15.4 Å². The van der Waals surface area contributed by atoms with Gasteiger partial charge in [-0.05, 0) is 37.1 Å². The van der Waals surface area contributed by atoms with Crippen molar-refractivity contribution >= 4 is 17.8 Å². The fourth-order valence-electron chi connectivity index (χ4n) is 3.12. The van der Waals surface area contributed by atoms with Gasteiger partial charge in [0, 0.05) is 24.0 Å². The number of benzene rings is 1. The molecule has 2 heterocycles. The van der Waals surface area contributed by atoms with E-state index in [1.807, 2.05) is 11.8 Å². The van der Waals surface area contributed by atoms with Crippen molar-refractivity contribution in [3.05, 3.63) is 35.4 Å². The predicted molar refractivity (Wildman–Crippen MR) is 85.4 cm³/mol. The van der Waals surface area contributed by atoms with Crippen molar-refractivity contribution in [3.8, 4) is 0 Å². The molecule has 1 aromatic carbocycles. The van der Waals surface area contributed by atoms with Crippen LogP contribution >= 0.6 is 11.8 Å². The molecule has 23 heavy (non-hydrogen) atoms. The molecule has 1 aromatic rings. The van der Waals surface area contributed by atoms with Gasteiger partial charge in [0.25, 0.3) is 0 Å². The molecule has 2 fully saturated rings. The third kappa shape index (κ3) is 3.95. The molecule has 0 aromatic heterocycles. The van der Waals surface area contributed by atoms with Gasteiger partial charge in [0.15, 0.2) is 0 Å². The first-order valence-corrected chi connectivity index (χ1v) is 8.92. The van der Waals surface area contributed by atoms with E-state index in [1.165, 1.54) is 18.2 Å². The molecule has 0 aliphatic carbocycles. The topological polar surface area (TPSA) is 50.4 Å². The summed E-state index contributed by atoms with van der Waals surface area (Å²) in [5.74, 6) is 0.746. The summed E-state index contributed by atoms with van der Waals surface area (Å²) in [6.07, 6.45) is 2.56. The van der Waals surface area contributed by atoms with E-state index in [0.29, 0.717) is 6.61 Å². The number of urea groups is 1. The molecule has 2 amide bonds. The Morgan fingerprint density at radius 3 is 2.87 bits per heavy atom. The van der Waals surface area contributed by atoms with E-state index >= 15 is 0 Å². The molecule has 2 saturated heterocycles. The Labute approximate surface area is 138 Å². The lowest BCUT2D eigenvalue weighted by Crippen LogP contribution is -2.50. The zero-order valence-electron chi connectivity index (χ0n) is 12.7. The van der Waals surface area contributed by atoms with Crippen LogP contribution in [0.5, 0.6) is 0 Å². The molecule has 0 unspecified atom stereocenters. The summed E-state index contributed by atoms with van der Waals surface area (Å²) >= 11 is 1.87. The molecule has 0 radical (unpaired) electrons. The second kappa shape index (κ2) is 7.05. The second-order valence-corrected chi connectivity index (χ2v) is 7.16. The van der Waals surface area contributed by atoms with Crippen LogP contribution in [0.3, 0.4) is 0 Å². The fraction of sp³-hybridized carbons (Fsp3) is 0.562. The van der Waals surface area contributed by atoms with Crippen molar-refractivity contribution in [1.29, 1.82) is 0 Å². The molecule has 0 bridgehead atoms. The van der Waals surface area contributed by atoms with Gasteiger partial charge in [0.05, 0.1) is 12.1 Å². The van der Waals surface area contributed by atoms with Crippen molar-refractivity contribution in [1.82, 2.24) is 10.6 Å². The van der Waals surface area contributed by atoms with Crippen LogP contribution < -0.4 is 10.6 Å². The van der Waals surface area contributed by atoms with Gasteiger partial charge in [-0.2, -0.15) is 11.8 Å². The Bertz CT molecular complexity index is 559. The summed E-state index contributed by atoms with van der Waals surface area (Å²) in [6.45, 7) is 0.460. The Morgan fingerprint density at radius 2 is 2.17 bits per heavy atom. The van der Waals surface area contributed by atoms with Gasteiger partial charge in [-0.1, -0.05) is 6.07 Å². The maximum atomic E-state index is 13.5. The maximum absolute atomic E-state index is 13.5. The molecule has 2 aliphatic heterocycles. The Hall–Kier alpha value is -1.34. The standard InChI is InChI=1S/C16H20F2N2O2S/c17-13-2-1-3-14(18)12(13)9-19-15(21)20-11-4-6-22-16(8-11)5-7-23-10-16/h1-3,11H,4-10H2,(H2,19,20,21)/t11-,16-/m1/s1. The molecule has 0 saturated carbocycles. The van der Waals surface area contributed by atoms with Crippen LogP contribution in [0.2, 0.25) is 0 Å². The first-order valence-electron chi connectivity index (χ1n) is 7.77. The summed E-state index contributed by atoms with van der Waals surface area (Å²) in [6, 6.07) is 3.29. The third-order valence-electron chi connectivity index (χ3n) is 4.38. The quantitative estimate of drug-likeness (QED) is 0.888. The summed E-state index contributed by atoms with van der Waals surface area (Å²) in [5, 5.41) is 5.43. The molecule has 126 valence electrons. The first kappa shape index (κ1) is 16.5. The highest BCUT2D eigenvalue weighted by Gasteiger charge is 2.40. The predicted octanol–water partition coefficient (Wildman–Crippen LogP) is 2.82. The van der Waals surface area contributed by atoms with E-state index in [2.05, 4.69) is 10.6 Å². The summed E-state index contributed by atoms with van der Waals surface area (Å²) < 4.78 is 33.0. The van der Waals surface area contributed by atoms with Gasteiger partial charge in [0.1, 0.15) is 11.6 Å². The number of ether oxygens (including phenoxy) is 1. The fourth-order valence-corrected chi connectivity index (χ4v) is 4.50. The number of rotatable bonds is 3. The lowest BCUT2D eigenvalue weighted by Gasteiger charge is -2.37. The van der Waals surface area contributed by atoms with Crippen LogP contribution in [-0.2, 0) is 11.3 Å². The van der Waals surface area contributed by atoms with Crippen molar-refractivity contribution in [2.24, 2.45) is 0 Å². The molecule has 2 aliphatic rings. The highest BCUT2D eigenvalue weighted by molar-refractivity contribution is 7.99. The molecule has 4 nitrogen and oxygen atoms in total.